The van der Waals surface area contributed by atoms with Crippen molar-refractivity contribution in [1.82, 2.24) is 0 Å². The lowest BCUT2D eigenvalue weighted by Crippen LogP contribution is -1.93. The minimum Gasteiger partial charge on any atom is -0.303 e. The van der Waals surface area contributed by atoms with Crippen LogP contribution in [0, 0.1) is 11.6 Å². The largest absolute Gasteiger partial charge is 0.303 e. The molecule has 2 rings (SSSR count). The quantitative estimate of drug-likeness (QED) is 0.583. The molecule has 0 N–H and O–H groups in total. The van der Waals surface area contributed by atoms with Crippen LogP contribution in [0.2, 0.25) is 0 Å². The van der Waals surface area contributed by atoms with Crippen LogP contribution in [0.3, 0.4) is 0 Å². The van der Waals surface area contributed by atoms with E-state index in [4.69, 9.17) is 0 Å². The van der Waals surface area contributed by atoms with Gasteiger partial charge in [0.1, 0.15) is 17.9 Å². The number of hydrogen-bond donors (Lipinski definition) is 0. The van der Waals surface area contributed by atoms with Crippen LogP contribution in [0.25, 0.3) is 11.1 Å². The standard InChI is InChI=1S/C16H14F2O/c17-14-7-4-13(5-8-14)16-11-15(18)9-6-12(16)3-1-2-10-19/h4-11H,1-3H2. The third-order valence-corrected chi connectivity index (χ3v) is 3.00. The van der Waals surface area contributed by atoms with Crippen molar-refractivity contribution in [3.8, 4) is 11.1 Å². The topological polar surface area (TPSA) is 17.1 Å². The first-order valence-corrected chi connectivity index (χ1v) is 6.18. The Balaban J connectivity index is 2.33. The summed E-state index contributed by atoms with van der Waals surface area (Å²) >= 11 is 0. The maximum absolute atomic E-state index is 13.4. The van der Waals surface area contributed by atoms with Gasteiger partial charge in [-0.25, -0.2) is 8.78 Å². The van der Waals surface area contributed by atoms with Crippen molar-refractivity contribution >= 4 is 6.29 Å². The van der Waals surface area contributed by atoms with Crippen molar-refractivity contribution in [1.29, 1.82) is 0 Å². The number of aldehydes is 1. The van der Waals surface area contributed by atoms with Gasteiger partial charge < -0.3 is 4.79 Å². The molecule has 0 bridgehead atoms. The van der Waals surface area contributed by atoms with Gasteiger partial charge in [-0.2, -0.15) is 0 Å². The van der Waals surface area contributed by atoms with Gasteiger partial charge in [-0.15, -0.1) is 0 Å². The molecule has 0 spiro atoms. The molecule has 0 unspecified atom stereocenters. The molecule has 0 saturated carbocycles. The average Bonchev–Trinajstić information content (AvgIpc) is 2.41. The summed E-state index contributed by atoms with van der Waals surface area (Å²) in [7, 11) is 0. The normalized spacial score (nSPS) is 10.4. The van der Waals surface area contributed by atoms with Crippen LogP contribution >= 0.6 is 0 Å². The van der Waals surface area contributed by atoms with Crippen LogP contribution in [0.1, 0.15) is 18.4 Å². The zero-order valence-electron chi connectivity index (χ0n) is 10.4. The van der Waals surface area contributed by atoms with Crippen molar-refractivity contribution in [2.24, 2.45) is 0 Å². The number of aryl methyl sites for hydroxylation is 1. The molecule has 3 heteroatoms. The van der Waals surface area contributed by atoms with Gasteiger partial charge in [0.2, 0.25) is 0 Å². The zero-order valence-corrected chi connectivity index (χ0v) is 10.4. The van der Waals surface area contributed by atoms with E-state index in [9.17, 15) is 13.6 Å². The molecule has 0 radical (unpaired) electrons. The molecule has 0 heterocycles. The summed E-state index contributed by atoms with van der Waals surface area (Å²) in [6, 6.07) is 10.6. The first-order chi connectivity index (χ1) is 9.20. The highest BCUT2D eigenvalue weighted by atomic mass is 19.1. The van der Waals surface area contributed by atoms with E-state index in [2.05, 4.69) is 0 Å². The summed E-state index contributed by atoms with van der Waals surface area (Å²) in [5.41, 5.74) is 2.50. The highest BCUT2D eigenvalue weighted by Gasteiger charge is 2.07. The number of unbranched alkanes of at least 4 members (excludes halogenated alkanes) is 1. The molecule has 0 aromatic heterocycles. The minimum atomic E-state index is -0.321. The first-order valence-electron chi connectivity index (χ1n) is 6.18. The summed E-state index contributed by atoms with van der Waals surface area (Å²) in [6.45, 7) is 0. The van der Waals surface area contributed by atoms with E-state index in [1.165, 1.54) is 24.3 Å². The Bertz CT molecular complexity index is 561. The van der Waals surface area contributed by atoms with Crippen molar-refractivity contribution in [3.63, 3.8) is 0 Å². The molecular weight excluding hydrogens is 246 g/mol. The number of hydrogen-bond acceptors (Lipinski definition) is 1. The Hall–Kier alpha value is -2.03. The van der Waals surface area contributed by atoms with Gasteiger partial charge in [-0.05, 0) is 53.8 Å². The van der Waals surface area contributed by atoms with Crippen LogP contribution in [-0.4, -0.2) is 6.29 Å². The third kappa shape index (κ3) is 3.47. The molecule has 0 atom stereocenters. The van der Waals surface area contributed by atoms with Gasteiger partial charge in [0.05, 0.1) is 0 Å². The third-order valence-electron chi connectivity index (χ3n) is 3.00. The fraction of sp³-hybridized carbons (Fsp3) is 0.188. The Kier molecular flexibility index (Phi) is 4.39. The summed E-state index contributed by atoms with van der Waals surface area (Å²) in [4.78, 5) is 10.3. The lowest BCUT2D eigenvalue weighted by atomic mass is 9.96. The molecule has 2 aromatic carbocycles. The monoisotopic (exact) mass is 260 g/mol. The molecular formula is C16H14F2O. The van der Waals surface area contributed by atoms with Crippen LogP contribution in [0.15, 0.2) is 42.5 Å². The zero-order chi connectivity index (χ0) is 13.7. The van der Waals surface area contributed by atoms with Gasteiger partial charge in [0, 0.05) is 6.42 Å². The molecule has 2 aromatic rings. The van der Waals surface area contributed by atoms with Gasteiger partial charge in [0.25, 0.3) is 0 Å². The second-order valence-electron chi connectivity index (χ2n) is 4.37. The van der Waals surface area contributed by atoms with E-state index in [-0.39, 0.29) is 11.6 Å². The van der Waals surface area contributed by atoms with E-state index in [1.807, 2.05) is 0 Å². The van der Waals surface area contributed by atoms with Gasteiger partial charge in [-0.3, -0.25) is 0 Å². The van der Waals surface area contributed by atoms with Crippen molar-refractivity contribution < 1.29 is 13.6 Å². The Morgan fingerprint density at radius 3 is 2.32 bits per heavy atom. The van der Waals surface area contributed by atoms with Crippen LogP contribution in [0.4, 0.5) is 8.78 Å². The molecule has 0 amide bonds. The van der Waals surface area contributed by atoms with Crippen LogP contribution in [-0.2, 0) is 11.2 Å². The molecule has 1 nitrogen and oxygen atoms in total. The number of halogens is 2. The SMILES string of the molecule is O=CCCCc1ccc(F)cc1-c1ccc(F)cc1. The minimum absolute atomic E-state index is 0.317. The molecule has 0 saturated heterocycles. The highest BCUT2D eigenvalue weighted by Crippen LogP contribution is 2.26. The van der Waals surface area contributed by atoms with Crippen molar-refractivity contribution in [2.45, 2.75) is 19.3 Å². The first kappa shape index (κ1) is 13.4. The molecule has 19 heavy (non-hydrogen) atoms. The average molecular weight is 260 g/mol. The summed E-state index contributed by atoms with van der Waals surface area (Å²) in [6.07, 6.45) is 2.79. The number of rotatable bonds is 5. The summed E-state index contributed by atoms with van der Waals surface area (Å²) in [5, 5.41) is 0. The Labute approximate surface area is 110 Å². The lowest BCUT2D eigenvalue weighted by molar-refractivity contribution is -0.107. The van der Waals surface area contributed by atoms with Crippen LogP contribution in [0.5, 0.6) is 0 Å². The lowest BCUT2D eigenvalue weighted by Gasteiger charge is -2.09. The fourth-order valence-electron chi connectivity index (χ4n) is 2.04. The predicted octanol–water partition coefficient (Wildman–Crippen LogP) is 4.15. The maximum Gasteiger partial charge on any atom is 0.123 e. The highest BCUT2D eigenvalue weighted by molar-refractivity contribution is 5.67. The maximum atomic E-state index is 13.4. The van der Waals surface area contributed by atoms with Crippen molar-refractivity contribution in [2.75, 3.05) is 0 Å². The summed E-state index contributed by atoms with van der Waals surface area (Å²) < 4.78 is 26.3. The van der Waals surface area contributed by atoms with Gasteiger partial charge >= 0.3 is 0 Å². The second-order valence-corrected chi connectivity index (χ2v) is 4.37. The van der Waals surface area contributed by atoms with Gasteiger partial charge in [-0.1, -0.05) is 18.2 Å². The second kappa shape index (κ2) is 6.23. The molecule has 0 aliphatic heterocycles. The smallest absolute Gasteiger partial charge is 0.123 e. The molecule has 98 valence electrons. The van der Waals surface area contributed by atoms with Gasteiger partial charge in [0.15, 0.2) is 0 Å². The van der Waals surface area contributed by atoms with E-state index in [0.717, 1.165) is 29.4 Å². The fourth-order valence-corrected chi connectivity index (χ4v) is 2.04. The predicted molar refractivity (Wildman–Crippen MR) is 70.8 cm³/mol. The van der Waals surface area contributed by atoms with Crippen molar-refractivity contribution in [3.05, 3.63) is 59.7 Å². The number of carbonyl (C=O) groups is 1. The van der Waals surface area contributed by atoms with E-state index >= 15 is 0 Å². The molecule has 0 aliphatic carbocycles. The van der Waals surface area contributed by atoms with Crippen LogP contribution < -0.4 is 0 Å². The van der Waals surface area contributed by atoms with E-state index < -0.39 is 0 Å². The van der Waals surface area contributed by atoms with E-state index in [0.29, 0.717) is 12.8 Å². The molecule has 0 aliphatic rings. The Morgan fingerprint density at radius 1 is 0.947 bits per heavy atom. The summed E-state index contributed by atoms with van der Waals surface area (Å²) in [5.74, 6) is -0.638. The number of carbonyl (C=O) groups excluding carboxylic acids is 1. The number of benzene rings is 2. The van der Waals surface area contributed by atoms with E-state index in [1.54, 1.807) is 18.2 Å². The Morgan fingerprint density at radius 2 is 1.63 bits per heavy atom. The molecule has 0 fully saturated rings.